The molecule has 0 aliphatic carbocycles. The summed E-state index contributed by atoms with van der Waals surface area (Å²) >= 11 is 1.47. The topological polar surface area (TPSA) is 46.3 Å². The fraction of sp³-hybridized carbons (Fsp3) is 0.583. The van der Waals surface area contributed by atoms with Gasteiger partial charge in [-0.15, -0.1) is 11.3 Å². The number of nitrogens with two attached hydrogens (primary N) is 1. The Morgan fingerprint density at radius 3 is 2.62 bits per heavy atom. The second-order valence-electron chi connectivity index (χ2n) is 4.53. The summed E-state index contributed by atoms with van der Waals surface area (Å²) in [5, 5.41) is 0. The molecule has 0 saturated heterocycles. The lowest BCUT2D eigenvalue weighted by atomic mass is 10.1. The highest BCUT2D eigenvalue weighted by molar-refractivity contribution is 7.14. The van der Waals surface area contributed by atoms with Crippen LogP contribution in [0.2, 0.25) is 0 Å². The molecule has 0 spiro atoms. The van der Waals surface area contributed by atoms with Gasteiger partial charge in [-0.1, -0.05) is 13.8 Å². The molecule has 0 unspecified atom stereocenters. The number of rotatable bonds is 4. The van der Waals surface area contributed by atoms with E-state index in [0.717, 1.165) is 22.7 Å². The van der Waals surface area contributed by atoms with Crippen LogP contribution in [-0.2, 0) is 0 Å². The first-order chi connectivity index (χ1) is 7.41. The number of thiophene rings is 1. The molecule has 0 aliphatic heterocycles. The van der Waals surface area contributed by atoms with E-state index in [4.69, 9.17) is 5.73 Å². The maximum Gasteiger partial charge on any atom is 0.263 e. The van der Waals surface area contributed by atoms with Gasteiger partial charge in [0.05, 0.1) is 4.88 Å². The average molecular weight is 240 g/mol. The molecule has 0 bridgehead atoms. The van der Waals surface area contributed by atoms with E-state index in [0.29, 0.717) is 11.6 Å². The van der Waals surface area contributed by atoms with Gasteiger partial charge in [0.15, 0.2) is 0 Å². The smallest absolute Gasteiger partial charge is 0.263 e. The van der Waals surface area contributed by atoms with Gasteiger partial charge in [-0.25, -0.2) is 0 Å². The number of nitrogen functional groups attached to an aromatic ring is 1. The van der Waals surface area contributed by atoms with Gasteiger partial charge in [-0.2, -0.15) is 0 Å². The quantitative estimate of drug-likeness (QED) is 0.879. The summed E-state index contributed by atoms with van der Waals surface area (Å²) in [4.78, 5) is 15.5. The SMILES string of the molecule is Cc1sc(C(=O)N(C)CCC(C)C)cc1N. The summed E-state index contributed by atoms with van der Waals surface area (Å²) in [6.07, 6.45) is 1.03. The van der Waals surface area contributed by atoms with Crippen LogP contribution in [0.4, 0.5) is 5.69 Å². The van der Waals surface area contributed by atoms with Gasteiger partial charge in [-0.3, -0.25) is 4.79 Å². The zero-order valence-corrected chi connectivity index (χ0v) is 11.2. The molecular weight excluding hydrogens is 220 g/mol. The molecule has 1 amide bonds. The normalized spacial score (nSPS) is 10.8. The van der Waals surface area contributed by atoms with Gasteiger partial charge in [0.1, 0.15) is 0 Å². The van der Waals surface area contributed by atoms with E-state index in [1.165, 1.54) is 11.3 Å². The molecule has 16 heavy (non-hydrogen) atoms. The Bertz CT molecular complexity index is 352. The number of carbonyl (C=O) groups is 1. The number of hydrogen-bond donors (Lipinski definition) is 1. The number of hydrogen-bond acceptors (Lipinski definition) is 3. The second kappa shape index (κ2) is 5.34. The van der Waals surface area contributed by atoms with Gasteiger partial charge in [0, 0.05) is 24.2 Å². The van der Waals surface area contributed by atoms with Crippen LogP contribution in [-0.4, -0.2) is 24.4 Å². The van der Waals surface area contributed by atoms with Crippen LogP contribution in [0, 0.1) is 12.8 Å². The van der Waals surface area contributed by atoms with Crippen molar-refractivity contribution in [3.8, 4) is 0 Å². The van der Waals surface area contributed by atoms with Crippen LogP contribution in [0.15, 0.2) is 6.07 Å². The second-order valence-corrected chi connectivity index (χ2v) is 5.79. The molecule has 0 atom stereocenters. The van der Waals surface area contributed by atoms with Crippen molar-refractivity contribution in [3.63, 3.8) is 0 Å². The first-order valence-electron chi connectivity index (χ1n) is 5.53. The van der Waals surface area contributed by atoms with Gasteiger partial charge in [-0.05, 0) is 25.3 Å². The molecule has 4 heteroatoms. The monoisotopic (exact) mass is 240 g/mol. The highest BCUT2D eigenvalue weighted by Gasteiger charge is 2.15. The molecule has 0 fully saturated rings. The van der Waals surface area contributed by atoms with Gasteiger partial charge in [0.25, 0.3) is 5.91 Å². The standard InChI is InChI=1S/C12H20N2OS/c1-8(2)5-6-14(4)12(15)11-7-10(13)9(3)16-11/h7-8H,5-6,13H2,1-4H3. The van der Waals surface area contributed by atoms with Crippen molar-refractivity contribution in [1.29, 1.82) is 0 Å². The minimum Gasteiger partial charge on any atom is -0.398 e. The predicted molar refractivity (Wildman–Crippen MR) is 69.9 cm³/mol. The summed E-state index contributed by atoms with van der Waals surface area (Å²) in [5.74, 6) is 0.691. The third-order valence-corrected chi connectivity index (χ3v) is 3.61. The molecule has 1 aromatic rings. The highest BCUT2D eigenvalue weighted by atomic mass is 32.1. The Balaban J connectivity index is 2.63. The zero-order valence-electron chi connectivity index (χ0n) is 10.4. The first-order valence-corrected chi connectivity index (χ1v) is 6.34. The van der Waals surface area contributed by atoms with E-state index in [2.05, 4.69) is 13.8 Å². The van der Waals surface area contributed by atoms with E-state index in [9.17, 15) is 4.79 Å². The maximum atomic E-state index is 12.0. The van der Waals surface area contributed by atoms with E-state index in [1.54, 1.807) is 11.0 Å². The molecule has 90 valence electrons. The third-order valence-electron chi connectivity index (χ3n) is 2.56. The number of aryl methyl sites for hydroxylation is 1. The average Bonchev–Trinajstić information content (AvgIpc) is 2.54. The minimum atomic E-state index is 0.0745. The Labute approximate surface area is 101 Å². The lowest BCUT2D eigenvalue weighted by Gasteiger charge is -2.17. The predicted octanol–water partition coefficient (Wildman–Crippen LogP) is 2.76. The summed E-state index contributed by atoms with van der Waals surface area (Å²) in [6.45, 7) is 7.05. The van der Waals surface area contributed by atoms with E-state index < -0.39 is 0 Å². The van der Waals surface area contributed by atoms with Crippen molar-refractivity contribution in [1.82, 2.24) is 4.90 Å². The molecule has 3 nitrogen and oxygen atoms in total. The minimum absolute atomic E-state index is 0.0745. The number of anilines is 1. The van der Waals surface area contributed by atoms with Crippen LogP contribution in [0.1, 0.15) is 34.8 Å². The number of carbonyl (C=O) groups excluding carboxylic acids is 1. The Hall–Kier alpha value is -1.03. The lowest BCUT2D eigenvalue weighted by molar-refractivity contribution is 0.0794. The summed E-state index contributed by atoms with van der Waals surface area (Å²) < 4.78 is 0. The Morgan fingerprint density at radius 2 is 2.19 bits per heavy atom. The lowest BCUT2D eigenvalue weighted by Crippen LogP contribution is -2.27. The van der Waals surface area contributed by atoms with Crippen molar-refractivity contribution in [2.75, 3.05) is 19.3 Å². The molecule has 1 rings (SSSR count). The van der Waals surface area contributed by atoms with Crippen LogP contribution in [0.3, 0.4) is 0 Å². The van der Waals surface area contributed by atoms with Crippen LogP contribution in [0.25, 0.3) is 0 Å². The van der Waals surface area contributed by atoms with Crippen molar-refractivity contribution >= 4 is 22.9 Å². The highest BCUT2D eigenvalue weighted by Crippen LogP contribution is 2.24. The van der Waals surface area contributed by atoms with Gasteiger partial charge >= 0.3 is 0 Å². The number of nitrogens with zero attached hydrogens (tertiary/aromatic N) is 1. The summed E-state index contributed by atoms with van der Waals surface area (Å²) in [5.41, 5.74) is 6.45. The fourth-order valence-electron chi connectivity index (χ4n) is 1.34. The molecule has 1 aromatic heterocycles. The molecule has 0 saturated carbocycles. The zero-order chi connectivity index (χ0) is 12.3. The van der Waals surface area contributed by atoms with Crippen LogP contribution < -0.4 is 5.73 Å². The summed E-state index contributed by atoms with van der Waals surface area (Å²) in [6, 6.07) is 1.77. The Morgan fingerprint density at radius 1 is 1.56 bits per heavy atom. The number of amides is 1. The fourth-order valence-corrected chi connectivity index (χ4v) is 2.28. The van der Waals surface area contributed by atoms with Crippen LogP contribution in [0.5, 0.6) is 0 Å². The molecule has 2 N–H and O–H groups in total. The largest absolute Gasteiger partial charge is 0.398 e. The van der Waals surface area contributed by atoms with Crippen molar-refractivity contribution < 1.29 is 4.79 Å². The molecule has 0 aromatic carbocycles. The van der Waals surface area contributed by atoms with Gasteiger partial charge < -0.3 is 10.6 Å². The molecule has 0 radical (unpaired) electrons. The molecular formula is C12H20N2OS. The third kappa shape index (κ3) is 3.23. The van der Waals surface area contributed by atoms with E-state index in [1.807, 2.05) is 14.0 Å². The first kappa shape index (κ1) is 13.0. The van der Waals surface area contributed by atoms with Crippen LogP contribution >= 0.6 is 11.3 Å². The van der Waals surface area contributed by atoms with Crippen molar-refractivity contribution in [2.45, 2.75) is 27.2 Å². The Kier molecular flexibility index (Phi) is 4.35. The maximum absolute atomic E-state index is 12.0. The van der Waals surface area contributed by atoms with Crippen molar-refractivity contribution in [3.05, 3.63) is 15.8 Å². The van der Waals surface area contributed by atoms with Gasteiger partial charge in [0.2, 0.25) is 0 Å². The van der Waals surface area contributed by atoms with Crippen molar-refractivity contribution in [2.24, 2.45) is 5.92 Å². The van der Waals surface area contributed by atoms with E-state index >= 15 is 0 Å². The molecule has 1 heterocycles. The summed E-state index contributed by atoms with van der Waals surface area (Å²) in [7, 11) is 1.84. The molecule has 0 aliphatic rings. The van der Waals surface area contributed by atoms with E-state index in [-0.39, 0.29) is 5.91 Å².